The molecule has 3 rings (SSSR count). The molecule has 1 N–H and O–H groups in total. The second-order valence-corrected chi connectivity index (χ2v) is 10.1. The molecule has 0 saturated carbocycles. The minimum absolute atomic E-state index is 0.0639. The predicted molar refractivity (Wildman–Crippen MR) is 129 cm³/mol. The number of thioether (sulfide) groups is 1. The van der Waals surface area contributed by atoms with Gasteiger partial charge in [0.1, 0.15) is 16.2 Å². The first-order valence-corrected chi connectivity index (χ1v) is 11.3. The Morgan fingerprint density at radius 1 is 1.03 bits per heavy atom. The molecule has 0 saturated heterocycles. The molecule has 0 atom stereocenters. The van der Waals surface area contributed by atoms with E-state index < -0.39 is 16.7 Å². The van der Waals surface area contributed by atoms with Gasteiger partial charge in [0.25, 0.3) is 5.56 Å². The molecule has 2 aromatic heterocycles. The van der Waals surface area contributed by atoms with Gasteiger partial charge in [-0.2, -0.15) is 0 Å². The Morgan fingerprint density at radius 2 is 1.62 bits per heavy atom. The summed E-state index contributed by atoms with van der Waals surface area (Å²) in [7, 11) is 3.00. The number of fused-ring (bicyclic) bond motifs is 1. The third-order valence-corrected chi connectivity index (χ3v) is 6.19. The summed E-state index contributed by atoms with van der Waals surface area (Å²) in [6.07, 6.45) is 0. The van der Waals surface area contributed by atoms with Crippen LogP contribution in [0.1, 0.15) is 43.3 Å². The number of amides is 1. The van der Waals surface area contributed by atoms with E-state index in [4.69, 9.17) is 0 Å². The second-order valence-electron chi connectivity index (χ2n) is 9.12. The summed E-state index contributed by atoms with van der Waals surface area (Å²) >= 11 is 1.17. The lowest BCUT2D eigenvalue weighted by molar-refractivity contribution is -0.113. The largest absolute Gasteiger partial charge is 0.332 e. The van der Waals surface area contributed by atoms with Gasteiger partial charge in [0.05, 0.1) is 5.75 Å². The van der Waals surface area contributed by atoms with Crippen molar-refractivity contribution in [2.75, 3.05) is 11.1 Å². The van der Waals surface area contributed by atoms with Crippen LogP contribution in [0.2, 0.25) is 0 Å². The van der Waals surface area contributed by atoms with Crippen molar-refractivity contribution in [3.63, 3.8) is 0 Å². The molecule has 0 radical (unpaired) electrons. The van der Waals surface area contributed by atoms with Gasteiger partial charge < -0.3 is 5.32 Å². The number of carbonyl (C=O) groups is 1. The van der Waals surface area contributed by atoms with Crippen LogP contribution in [0.5, 0.6) is 0 Å². The first-order valence-electron chi connectivity index (χ1n) is 10.3. The molecule has 0 aliphatic rings. The Balaban J connectivity index is 2.02. The lowest BCUT2D eigenvalue weighted by Gasteiger charge is -2.19. The van der Waals surface area contributed by atoms with Crippen molar-refractivity contribution in [2.24, 2.45) is 14.1 Å². The average molecular weight is 456 g/mol. The van der Waals surface area contributed by atoms with E-state index >= 15 is 0 Å². The number of hydrogen-bond donors (Lipinski definition) is 1. The van der Waals surface area contributed by atoms with Crippen LogP contribution in [0.25, 0.3) is 11.0 Å². The maximum Gasteiger partial charge on any atom is 0.332 e. The highest BCUT2D eigenvalue weighted by Gasteiger charge is 2.24. The van der Waals surface area contributed by atoms with Gasteiger partial charge in [0.2, 0.25) is 5.91 Å². The van der Waals surface area contributed by atoms with Crippen LogP contribution in [0.15, 0.2) is 26.7 Å². The molecule has 0 unspecified atom stereocenters. The van der Waals surface area contributed by atoms with Gasteiger partial charge in [-0.15, -0.1) is 0 Å². The van der Waals surface area contributed by atoms with Crippen LogP contribution in [0.4, 0.5) is 5.69 Å². The topological polar surface area (TPSA) is 98.9 Å². The fraction of sp³-hybridized carbons (Fsp3) is 0.435. The number of rotatable bonds is 4. The minimum atomic E-state index is -0.475. The first kappa shape index (κ1) is 23.7. The molecule has 3 aromatic rings. The fourth-order valence-corrected chi connectivity index (χ4v) is 4.37. The van der Waals surface area contributed by atoms with E-state index in [1.807, 2.05) is 53.7 Å². The van der Waals surface area contributed by atoms with Gasteiger partial charge >= 0.3 is 5.69 Å². The molecule has 9 heteroatoms. The van der Waals surface area contributed by atoms with Crippen LogP contribution in [-0.2, 0) is 24.3 Å². The van der Waals surface area contributed by atoms with E-state index in [1.54, 1.807) is 7.05 Å². The van der Waals surface area contributed by atoms with E-state index in [0.29, 0.717) is 10.9 Å². The number of aromatic nitrogens is 4. The van der Waals surface area contributed by atoms with Crippen molar-refractivity contribution >= 4 is 34.4 Å². The molecule has 32 heavy (non-hydrogen) atoms. The molecular formula is C23H29N5O3S. The Morgan fingerprint density at radius 3 is 2.19 bits per heavy atom. The quantitative estimate of drug-likeness (QED) is 0.480. The van der Waals surface area contributed by atoms with Crippen molar-refractivity contribution in [1.29, 1.82) is 0 Å². The summed E-state index contributed by atoms with van der Waals surface area (Å²) < 4.78 is 2.38. The molecule has 0 fully saturated rings. The van der Waals surface area contributed by atoms with Gasteiger partial charge in [0.15, 0.2) is 5.65 Å². The Hall–Kier alpha value is -2.94. The summed E-state index contributed by atoms with van der Waals surface area (Å²) in [5.41, 5.74) is 2.85. The minimum Gasteiger partial charge on any atom is -0.325 e. The van der Waals surface area contributed by atoms with Crippen molar-refractivity contribution in [1.82, 2.24) is 19.1 Å². The van der Waals surface area contributed by atoms with E-state index in [0.717, 1.165) is 26.9 Å². The number of carbonyl (C=O) groups excluding carboxylic acids is 1. The Kier molecular flexibility index (Phi) is 6.33. The van der Waals surface area contributed by atoms with E-state index in [9.17, 15) is 14.4 Å². The third kappa shape index (κ3) is 4.48. The van der Waals surface area contributed by atoms with Gasteiger partial charge in [-0.3, -0.25) is 18.7 Å². The maximum atomic E-state index is 12.9. The average Bonchev–Trinajstić information content (AvgIpc) is 2.70. The van der Waals surface area contributed by atoms with Gasteiger partial charge in [-0.1, -0.05) is 50.2 Å². The van der Waals surface area contributed by atoms with Crippen LogP contribution in [-0.4, -0.2) is 30.8 Å². The summed E-state index contributed by atoms with van der Waals surface area (Å²) in [6, 6.07) is 4.04. The summed E-state index contributed by atoms with van der Waals surface area (Å²) in [5.74, 6) is 0.367. The molecule has 0 bridgehead atoms. The number of benzene rings is 1. The smallest absolute Gasteiger partial charge is 0.325 e. The molecule has 0 aliphatic heterocycles. The van der Waals surface area contributed by atoms with E-state index in [-0.39, 0.29) is 22.7 Å². The standard InChI is InChI=1S/C23H29N5O3S/c1-12-9-13(2)17(14(3)10-12)24-15(29)11-32-19-16-18(25-21(26-19)23(4,5)6)27(7)22(31)28(8)20(16)30/h9-10H,11H2,1-8H3,(H,24,29). The number of nitrogens with zero attached hydrogens (tertiary/aromatic N) is 4. The third-order valence-electron chi connectivity index (χ3n) is 5.22. The molecule has 1 aromatic carbocycles. The summed E-state index contributed by atoms with van der Waals surface area (Å²) in [4.78, 5) is 47.2. The summed E-state index contributed by atoms with van der Waals surface area (Å²) in [6.45, 7) is 11.8. The molecule has 1 amide bonds. The molecule has 0 aliphatic carbocycles. The highest BCUT2D eigenvalue weighted by atomic mass is 32.2. The highest BCUT2D eigenvalue weighted by molar-refractivity contribution is 8.00. The highest BCUT2D eigenvalue weighted by Crippen LogP contribution is 2.28. The normalized spacial score (nSPS) is 11.8. The van der Waals surface area contributed by atoms with Gasteiger partial charge in [-0.05, 0) is 31.9 Å². The fourth-order valence-electron chi connectivity index (χ4n) is 3.56. The van der Waals surface area contributed by atoms with Crippen molar-refractivity contribution in [3.05, 3.63) is 55.5 Å². The summed E-state index contributed by atoms with van der Waals surface area (Å²) in [5, 5.41) is 3.60. The number of aryl methyl sites for hydroxylation is 4. The Bertz CT molecular complexity index is 1330. The zero-order chi connectivity index (χ0) is 24.0. The first-order chi connectivity index (χ1) is 14.8. The molecule has 2 heterocycles. The van der Waals surface area contributed by atoms with Crippen molar-refractivity contribution < 1.29 is 4.79 Å². The predicted octanol–water partition coefficient (Wildman–Crippen LogP) is 2.98. The number of hydrogen-bond acceptors (Lipinski definition) is 6. The van der Waals surface area contributed by atoms with Crippen LogP contribution >= 0.6 is 11.8 Å². The van der Waals surface area contributed by atoms with E-state index in [2.05, 4.69) is 15.3 Å². The monoisotopic (exact) mass is 455 g/mol. The molecular weight excluding hydrogens is 426 g/mol. The lowest BCUT2D eigenvalue weighted by atomic mass is 9.96. The maximum absolute atomic E-state index is 12.9. The number of anilines is 1. The molecule has 8 nitrogen and oxygen atoms in total. The second kappa shape index (κ2) is 8.54. The zero-order valence-electron chi connectivity index (χ0n) is 19.8. The SMILES string of the molecule is Cc1cc(C)c(NC(=O)CSc2nc(C(C)(C)C)nc3c2c(=O)n(C)c(=O)n3C)c(C)c1. The van der Waals surface area contributed by atoms with Gasteiger partial charge in [-0.25, -0.2) is 14.8 Å². The van der Waals surface area contributed by atoms with E-state index in [1.165, 1.54) is 23.4 Å². The Labute approximate surface area is 191 Å². The zero-order valence-corrected chi connectivity index (χ0v) is 20.6. The van der Waals surface area contributed by atoms with Gasteiger partial charge in [0, 0.05) is 25.2 Å². The van der Waals surface area contributed by atoms with Crippen LogP contribution in [0, 0.1) is 20.8 Å². The lowest BCUT2D eigenvalue weighted by Crippen LogP contribution is -2.38. The molecule has 0 spiro atoms. The van der Waals surface area contributed by atoms with Crippen LogP contribution < -0.4 is 16.6 Å². The number of nitrogens with one attached hydrogen (secondary N) is 1. The van der Waals surface area contributed by atoms with Crippen LogP contribution in [0.3, 0.4) is 0 Å². The van der Waals surface area contributed by atoms with Crippen molar-refractivity contribution in [3.8, 4) is 0 Å². The van der Waals surface area contributed by atoms with Crippen molar-refractivity contribution in [2.45, 2.75) is 52.0 Å². The molecule has 170 valence electrons.